The smallest absolute Gasteiger partial charge is 0.349 e. The largest absolute Gasteiger partial charge is 0.493 e. The first-order valence-electron chi connectivity index (χ1n) is 11.0. The fourth-order valence-corrected chi connectivity index (χ4v) is 4.15. The Balaban J connectivity index is 1.63. The Labute approximate surface area is 218 Å². The molecule has 2 N–H and O–H groups in total. The van der Waals surface area contributed by atoms with E-state index in [0.29, 0.717) is 44.9 Å². The molecule has 4 rings (SSSR count). The van der Waals surface area contributed by atoms with Crippen LogP contribution in [0.3, 0.4) is 0 Å². The highest BCUT2D eigenvalue weighted by Gasteiger charge is 2.32. The second kappa shape index (κ2) is 11.0. The fraction of sp³-hybridized carbons (Fsp3) is 0.185. The lowest BCUT2D eigenvalue weighted by Gasteiger charge is -2.27. The van der Waals surface area contributed by atoms with Crippen LogP contribution in [0.4, 0.5) is 0 Å². The van der Waals surface area contributed by atoms with Gasteiger partial charge in [0.25, 0.3) is 0 Å². The van der Waals surface area contributed by atoms with Gasteiger partial charge in [-0.05, 0) is 42.0 Å². The molecular weight excluding hydrogens is 500 g/mol. The maximum Gasteiger partial charge on any atom is 0.349 e. The van der Waals surface area contributed by atoms with E-state index in [2.05, 4.69) is 6.07 Å². The van der Waals surface area contributed by atoms with Gasteiger partial charge in [0.05, 0.1) is 27.2 Å². The minimum Gasteiger partial charge on any atom is -0.493 e. The van der Waals surface area contributed by atoms with Crippen molar-refractivity contribution in [2.24, 2.45) is 5.73 Å². The quantitative estimate of drug-likeness (QED) is 0.335. The number of benzene rings is 3. The second-order valence-electron chi connectivity index (χ2n) is 7.80. The number of carbonyl (C=O) groups is 1. The first kappa shape index (κ1) is 25.5. The summed E-state index contributed by atoms with van der Waals surface area (Å²) in [7, 11) is 4.52. The summed E-state index contributed by atoms with van der Waals surface area (Å²) in [6.45, 7) is -0.326. The predicted octanol–water partition coefficient (Wildman–Crippen LogP) is 4.57. The molecule has 190 valence electrons. The summed E-state index contributed by atoms with van der Waals surface area (Å²) in [5.41, 5.74) is 7.62. The number of hydrogen-bond acceptors (Lipinski definition) is 9. The van der Waals surface area contributed by atoms with Gasteiger partial charge in [-0.2, -0.15) is 5.26 Å². The number of rotatable bonds is 8. The molecule has 10 heteroatoms. The number of halogens is 1. The monoisotopic (exact) mass is 522 g/mol. The topological polar surface area (TPSA) is 122 Å². The van der Waals surface area contributed by atoms with Gasteiger partial charge in [0.15, 0.2) is 18.1 Å². The Hall–Kier alpha value is -4.55. The lowest BCUT2D eigenvalue weighted by molar-refractivity contribution is -0.136. The number of hydrogen-bond donors (Lipinski definition) is 1. The van der Waals surface area contributed by atoms with E-state index in [-0.39, 0.29) is 23.8 Å². The maximum atomic E-state index is 12.4. The summed E-state index contributed by atoms with van der Waals surface area (Å²) in [6.07, 6.45) is 0. The van der Waals surface area contributed by atoms with E-state index in [4.69, 9.17) is 45.8 Å². The third-order valence-electron chi connectivity index (χ3n) is 5.60. The molecule has 0 fully saturated rings. The Morgan fingerprint density at radius 2 is 1.76 bits per heavy atom. The van der Waals surface area contributed by atoms with Gasteiger partial charge in [0.1, 0.15) is 28.9 Å². The Morgan fingerprint density at radius 3 is 2.38 bits per heavy atom. The highest BCUT2D eigenvalue weighted by molar-refractivity contribution is 6.30. The molecule has 9 nitrogen and oxygen atoms in total. The van der Waals surface area contributed by atoms with Crippen molar-refractivity contribution in [3.8, 4) is 40.6 Å². The summed E-state index contributed by atoms with van der Waals surface area (Å²) < 4.78 is 32.9. The molecule has 0 saturated carbocycles. The first-order valence-corrected chi connectivity index (χ1v) is 11.4. The average Bonchev–Trinajstić information content (AvgIpc) is 2.90. The Kier molecular flexibility index (Phi) is 7.60. The van der Waals surface area contributed by atoms with Crippen LogP contribution in [-0.4, -0.2) is 33.9 Å². The van der Waals surface area contributed by atoms with Crippen molar-refractivity contribution in [3.05, 3.63) is 82.2 Å². The number of ether oxygens (including phenoxy) is 6. The van der Waals surface area contributed by atoms with Gasteiger partial charge in [-0.3, -0.25) is 0 Å². The van der Waals surface area contributed by atoms with Gasteiger partial charge < -0.3 is 34.2 Å². The molecule has 1 aliphatic heterocycles. The zero-order chi connectivity index (χ0) is 26.5. The number of carbonyl (C=O) groups excluding carboxylic acids is 1. The molecule has 0 saturated heterocycles. The van der Waals surface area contributed by atoms with Crippen LogP contribution in [0.1, 0.15) is 17.0 Å². The highest BCUT2D eigenvalue weighted by atomic mass is 35.5. The summed E-state index contributed by atoms with van der Waals surface area (Å²) in [4.78, 5) is 12.4. The SMILES string of the molecule is COc1cc(C2C(C#N)=C(N)Oc3cc(OC(=O)COc4cccc(Cl)c4)ccc32)cc(OC)c1OC. The first-order chi connectivity index (χ1) is 17.9. The molecule has 3 aromatic rings. The number of methoxy groups -OCH3 is 3. The van der Waals surface area contributed by atoms with Crippen molar-refractivity contribution in [1.82, 2.24) is 0 Å². The van der Waals surface area contributed by atoms with Crippen molar-refractivity contribution in [3.63, 3.8) is 0 Å². The van der Waals surface area contributed by atoms with Gasteiger partial charge >= 0.3 is 5.97 Å². The van der Waals surface area contributed by atoms with E-state index in [1.54, 1.807) is 48.5 Å². The van der Waals surface area contributed by atoms with E-state index in [1.807, 2.05) is 0 Å². The predicted molar refractivity (Wildman–Crippen MR) is 134 cm³/mol. The van der Waals surface area contributed by atoms with Crippen LogP contribution < -0.4 is 34.2 Å². The number of esters is 1. The lowest BCUT2D eigenvalue weighted by Crippen LogP contribution is -2.22. The van der Waals surface area contributed by atoms with Crippen molar-refractivity contribution >= 4 is 17.6 Å². The van der Waals surface area contributed by atoms with Crippen molar-refractivity contribution in [2.45, 2.75) is 5.92 Å². The zero-order valence-electron chi connectivity index (χ0n) is 20.2. The molecule has 1 aliphatic rings. The maximum absolute atomic E-state index is 12.4. The second-order valence-corrected chi connectivity index (χ2v) is 8.24. The summed E-state index contributed by atoms with van der Waals surface area (Å²) in [5, 5.41) is 10.4. The molecule has 3 aromatic carbocycles. The van der Waals surface area contributed by atoms with Gasteiger partial charge in [-0.1, -0.05) is 23.7 Å². The molecule has 0 aliphatic carbocycles. The average molecular weight is 523 g/mol. The molecule has 0 radical (unpaired) electrons. The number of allylic oxidation sites excluding steroid dienone is 1. The van der Waals surface area contributed by atoms with Gasteiger partial charge in [-0.15, -0.1) is 0 Å². The van der Waals surface area contributed by atoms with E-state index >= 15 is 0 Å². The van der Waals surface area contributed by atoms with E-state index < -0.39 is 11.9 Å². The molecule has 37 heavy (non-hydrogen) atoms. The molecule has 1 unspecified atom stereocenters. The molecule has 1 heterocycles. The van der Waals surface area contributed by atoms with Gasteiger partial charge in [0.2, 0.25) is 11.6 Å². The van der Waals surface area contributed by atoms with E-state index in [9.17, 15) is 10.1 Å². The van der Waals surface area contributed by atoms with Crippen LogP contribution in [0, 0.1) is 11.3 Å². The minimum absolute atomic E-state index is 0.0680. The summed E-state index contributed by atoms with van der Waals surface area (Å²) in [5.74, 6) is 0.953. The van der Waals surface area contributed by atoms with Crippen molar-refractivity contribution in [1.29, 1.82) is 5.26 Å². The van der Waals surface area contributed by atoms with Crippen molar-refractivity contribution in [2.75, 3.05) is 27.9 Å². The fourth-order valence-electron chi connectivity index (χ4n) is 3.97. The van der Waals surface area contributed by atoms with Crippen LogP contribution in [0.15, 0.2) is 66.1 Å². The Morgan fingerprint density at radius 1 is 1.03 bits per heavy atom. The molecular formula is C27H23ClN2O7. The van der Waals surface area contributed by atoms with E-state index in [0.717, 1.165) is 0 Å². The van der Waals surface area contributed by atoms with Crippen LogP contribution in [0.5, 0.6) is 34.5 Å². The number of nitriles is 1. The normalized spacial score (nSPS) is 14.1. The zero-order valence-corrected chi connectivity index (χ0v) is 21.0. The van der Waals surface area contributed by atoms with Crippen LogP contribution in [0.25, 0.3) is 0 Å². The van der Waals surface area contributed by atoms with Crippen LogP contribution in [-0.2, 0) is 4.79 Å². The van der Waals surface area contributed by atoms with E-state index in [1.165, 1.54) is 27.4 Å². The van der Waals surface area contributed by atoms with Crippen molar-refractivity contribution < 1.29 is 33.2 Å². The number of nitrogens with zero attached hydrogens (tertiary/aromatic N) is 1. The third kappa shape index (κ3) is 5.34. The number of fused-ring (bicyclic) bond motifs is 1. The third-order valence-corrected chi connectivity index (χ3v) is 5.83. The van der Waals surface area contributed by atoms with Crippen LogP contribution in [0.2, 0.25) is 5.02 Å². The van der Waals surface area contributed by atoms with Crippen LogP contribution >= 0.6 is 11.6 Å². The molecule has 0 amide bonds. The number of nitrogens with two attached hydrogens (primary N) is 1. The van der Waals surface area contributed by atoms with Gasteiger partial charge in [0, 0.05) is 16.7 Å². The lowest BCUT2D eigenvalue weighted by atomic mass is 9.83. The summed E-state index contributed by atoms with van der Waals surface area (Å²) >= 11 is 5.93. The highest BCUT2D eigenvalue weighted by Crippen LogP contribution is 2.47. The minimum atomic E-state index is -0.627. The standard InChI is InChI=1S/C27H23ClN2O7/c1-32-22-9-15(10-23(33-2)26(22)34-3)25-19-8-7-18(12-21(19)37-27(30)20(25)13-29)36-24(31)14-35-17-6-4-5-16(28)11-17/h4-12,25H,14,30H2,1-3H3. The molecule has 0 aromatic heterocycles. The molecule has 0 bridgehead atoms. The summed E-state index contributed by atoms with van der Waals surface area (Å²) in [6, 6.07) is 17.1. The molecule has 0 spiro atoms. The van der Waals surface area contributed by atoms with Gasteiger partial charge in [-0.25, -0.2) is 4.79 Å². The molecule has 1 atom stereocenters. The Bertz CT molecular complexity index is 1390.